The van der Waals surface area contributed by atoms with Crippen LogP contribution in [0.2, 0.25) is 0 Å². The number of nitro groups is 1. The number of carbonyl (C=O) groups is 1. The van der Waals surface area contributed by atoms with Crippen molar-refractivity contribution in [3.05, 3.63) is 69.8 Å². The molecule has 0 aliphatic heterocycles. The van der Waals surface area contributed by atoms with Gasteiger partial charge in [-0.2, -0.15) is 0 Å². The summed E-state index contributed by atoms with van der Waals surface area (Å²) >= 11 is 0. The number of nitrogens with one attached hydrogen (secondary N) is 1. The van der Waals surface area contributed by atoms with Gasteiger partial charge in [-0.3, -0.25) is 14.7 Å². The van der Waals surface area contributed by atoms with Crippen molar-refractivity contribution in [2.75, 3.05) is 26.1 Å². The van der Waals surface area contributed by atoms with E-state index < -0.39 is 24.3 Å². The van der Waals surface area contributed by atoms with Gasteiger partial charge in [-0.1, -0.05) is 12.1 Å². The Balaban J connectivity index is 2.38. The van der Waals surface area contributed by atoms with Crippen molar-refractivity contribution >= 4 is 24.9 Å². The van der Waals surface area contributed by atoms with E-state index in [-0.39, 0.29) is 12.3 Å². The van der Waals surface area contributed by atoms with Gasteiger partial charge in [0.1, 0.15) is 0 Å². The Morgan fingerprint density at radius 1 is 1.18 bits per heavy atom. The van der Waals surface area contributed by atoms with Gasteiger partial charge in [0.15, 0.2) is 5.78 Å². The number of ether oxygens (including phenoxy) is 1. The minimum Gasteiger partial charge on any atom is -0.462 e. The monoisotopic (exact) mass is 408 g/mol. The van der Waals surface area contributed by atoms with Crippen LogP contribution in [0.4, 0.5) is 11.4 Å². The number of hydrogen-bond donors (Lipinski definition) is 1. The quantitative estimate of drug-likeness (QED) is 0.281. The molecular formula is C18H21N2O7P. The predicted octanol–water partition coefficient (Wildman–Crippen LogP) is 4.37. The van der Waals surface area contributed by atoms with Crippen LogP contribution in [0.1, 0.15) is 28.6 Å². The molecule has 0 fully saturated rings. The average molecular weight is 408 g/mol. The van der Waals surface area contributed by atoms with E-state index in [4.69, 9.17) is 13.8 Å². The summed E-state index contributed by atoms with van der Waals surface area (Å²) < 4.78 is 28.2. The molecular weight excluding hydrogens is 387 g/mol. The first kappa shape index (κ1) is 21.6. The first-order chi connectivity index (χ1) is 13.3. The molecule has 2 rings (SSSR count). The molecule has 0 heterocycles. The molecule has 150 valence electrons. The largest absolute Gasteiger partial charge is 0.462 e. The predicted molar refractivity (Wildman–Crippen MR) is 103 cm³/mol. The van der Waals surface area contributed by atoms with Crippen molar-refractivity contribution in [2.45, 2.75) is 12.7 Å². The van der Waals surface area contributed by atoms with E-state index in [1.165, 1.54) is 32.4 Å². The molecule has 28 heavy (non-hydrogen) atoms. The molecule has 0 saturated heterocycles. The third-order valence-corrected chi connectivity index (χ3v) is 6.00. The molecule has 0 aliphatic carbocycles. The topological polar surface area (TPSA) is 117 Å². The van der Waals surface area contributed by atoms with Crippen molar-refractivity contribution < 1.29 is 28.1 Å². The van der Waals surface area contributed by atoms with Crippen molar-refractivity contribution in [1.82, 2.24) is 0 Å². The van der Waals surface area contributed by atoms with E-state index in [9.17, 15) is 19.5 Å². The van der Waals surface area contributed by atoms with Crippen LogP contribution < -0.4 is 5.32 Å². The van der Waals surface area contributed by atoms with E-state index in [2.05, 4.69) is 5.32 Å². The van der Waals surface area contributed by atoms with Crippen molar-refractivity contribution in [3.63, 3.8) is 0 Å². The zero-order chi connectivity index (χ0) is 20.7. The number of rotatable bonds is 9. The molecule has 0 bridgehead atoms. The number of esters is 1. The molecule has 1 unspecified atom stereocenters. The maximum absolute atomic E-state index is 13.0. The highest BCUT2D eigenvalue weighted by Crippen LogP contribution is 2.59. The lowest BCUT2D eigenvalue weighted by molar-refractivity contribution is -0.384. The van der Waals surface area contributed by atoms with Crippen molar-refractivity contribution in [1.29, 1.82) is 0 Å². The molecule has 0 radical (unpaired) electrons. The van der Waals surface area contributed by atoms with Gasteiger partial charge in [-0.15, -0.1) is 0 Å². The summed E-state index contributed by atoms with van der Waals surface area (Å²) in [4.78, 5) is 22.3. The van der Waals surface area contributed by atoms with Crippen LogP contribution in [-0.2, 0) is 18.3 Å². The third kappa shape index (κ3) is 4.95. The second-order valence-electron chi connectivity index (χ2n) is 5.60. The van der Waals surface area contributed by atoms with E-state index >= 15 is 0 Å². The second-order valence-corrected chi connectivity index (χ2v) is 7.93. The molecule has 10 heteroatoms. The highest BCUT2D eigenvalue weighted by Gasteiger charge is 2.36. The average Bonchev–Trinajstić information content (AvgIpc) is 2.72. The third-order valence-electron chi connectivity index (χ3n) is 3.92. The Labute approximate surface area is 162 Å². The van der Waals surface area contributed by atoms with E-state index in [0.717, 1.165) is 0 Å². The molecule has 0 spiro atoms. The van der Waals surface area contributed by atoms with Crippen LogP contribution in [-0.4, -0.2) is 31.7 Å². The molecule has 0 saturated carbocycles. The normalized spacial score (nSPS) is 12.2. The fourth-order valence-corrected chi connectivity index (χ4v) is 3.92. The Morgan fingerprint density at radius 2 is 1.82 bits per heavy atom. The number of anilines is 1. The lowest BCUT2D eigenvalue weighted by atomic mass is 10.1. The maximum atomic E-state index is 13.0. The van der Waals surface area contributed by atoms with Crippen molar-refractivity contribution in [3.8, 4) is 0 Å². The molecule has 0 amide bonds. The fraction of sp³-hybridized carbons (Fsp3) is 0.278. The summed E-state index contributed by atoms with van der Waals surface area (Å²) in [6.45, 7) is 1.98. The zero-order valence-electron chi connectivity index (χ0n) is 15.7. The summed E-state index contributed by atoms with van der Waals surface area (Å²) in [5, 5.41) is 14.1. The van der Waals surface area contributed by atoms with E-state index in [1.54, 1.807) is 37.3 Å². The molecule has 2 aromatic carbocycles. The van der Waals surface area contributed by atoms with Gasteiger partial charge >= 0.3 is 13.6 Å². The standard InChI is InChI=1S/C18H21N2O7P/c1-4-27-18(21)13-8-10-15(11-9-13)19-17(28(24,25-2)26-3)14-6-5-7-16(12-14)20(22)23/h5-12,17,19H,4H2,1-3H3. The molecule has 1 atom stereocenters. The zero-order valence-corrected chi connectivity index (χ0v) is 16.5. The summed E-state index contributed by atoms with van der Waals surface area (Å²) in [5.74, 6) is -1.46. The second kappa shape index (κ2) is 9.45. The van der Waals surface area contributed by atoms with Gasteiger partial charge in [-0.25, -0.2) is 4.79 Å². The molecule has 0 aromatic heterocycles. The SMILES string of the molecule is CCOC(=O)c1ccc(NC(c2cccc([N+](=O)[O-])c2)P(=O)(OC)OC)cc1. The summed E-state index contributed by atoms with van der Waals surface area (Å²) in [6, 6.07) is 12.0. The van der Waals surface area contributed by atoms with E-state index in [0.29, 0.717) is 16.8 Å². The minimum atomic E-state index is -3.70. The summed E-state index contributed by atoms with van der Waals surface area (Å²) in [5.41, 5.74) is 1.08. The lowest BCUT2D eigenvalue weighted by Crippen LogP contribution is -2.14. The van der Waals surface area contributed by atoms with Crippen LogP contribution in [0.5, 0.6) is 0 Å². The minimum absolute atomic E-state index is 0.152. The Bertz CT molecular complexity index is 878. The van der Waals surface area contributed by atoms with Gasteiger partial charge in [0.2, 0.25) is 0 Å². The van der Waals surface area contributed by atoms with Gasteiger partial charge in [0.25, 0.3) is 5.69 Å². The summed E-state index contributed by atoms with van der Waals surface area (Å²) in [6.07, 6.45) is 0. The number of non-ortho nitro benzene ring substituents is 1. The fourth-order valence-electron chi connectivity index (χ4n) is 2.51. The number of benzene rings is 2. The Hall–Kier alpha value is -2.74. The molecule has 9 nitrogen and oxygen atoms in total. The van der Waals surface area contributed by atoms with E-state index in [1.807, 2.05) is 0 Å². The van der Waals surface area contributed by atoms with Crippen LogP contribution in [0.3, 0.4) is 0 Å². The maximum Gasteiger partial charge on any atom is 0.356 e. The Morgan fingerprint density at radius 3 is 2.36 bits per heavy atom. The Kier molecular flexibility index (Phi) is 7.28. The number of hydrogen-bond acceptors (Lipinski definition) is 8. The van der Waals surface area contributed by atoms with Gasteiger partial charge in [0.05, 0.1) is 17.1 Å². The summed E-state index contributed by atoms with van der Waals surface area (Å²) in [7, 11) is -1.22. The molecule has 1 N–H and O–H groups in total. The number of nitrogens with zero attached hydrogens (tertiary/aromatic N) is 1. The van der Waals surface area contributed by atoms with Crippen LogP contribution in [0, 0.1) is 10.1 Å². The van der Waals surface area contributed by atoms with Gasteiger partial charge in [-0.05, 0) is 36.8 Å². The smallest absolute Gasteiger partial charge is 0.356 e. The highest BCUT2D eigenvalue weighted by molar-refractivity contribution is 7.54. The van der Waals surface area contributed by atoms with Crippen LogP contribution >= 0.6 is 7.60 Å². The van der Waals surface area contributed by atoms with Crippen molar-refractivity contribution in [2.24, 2.45) is 0 Å². The van der Waals surface area contributed by atoms with Gasteiger partial charge in [0, 0.05) is 32.0 Å². The molecule has 0 aliphatic rings. The van der Waals surface area contributed by atoms with Crippen LogP contribution in [0.25, 0.3) is 0 Å². The highest BCUT2D eigenvalue weighted by atomic mass is 31.2. The number of nitro benzene ring substituents is 1. The van der Waals surface area contributed by atoms with Gasteiger partial charge < -0.3 is 19.1 Å². The number of carbonyl (C=O) groups excluding carboxylic acids is 1. The van der Waals surface area contributed by atoms with Crippen LogP contribution in [0.15, 0.2) is 48.5 Å². The first-order valence-corrected chi connectivity index (χ1v) is 9.95. The first-order valence-electron chi connectivity index (χ1n) is 8.34. The lowest BCUT2D eigenvalue weighted by Gasteiger charge is -2.26. The molecule has 2 aromatic rings.